The van der Waals surface area contributed by atoms with Crippen molar-refractivity contribution in [1.82, 2.24) is 9.97 Å². The topological polar surface area (TPSA) is 51.9 Å². The molecule has 0 spiro atoms. The van der Waals surface area contributed by atoms with E-state index in [1.807, 2.05) is 18.2 Å². The first kappa shape index (κ1) is 108. The van der Waals surface area contributed by atoms with E-state index in [9.17, 15) is 0 Å². The number of nitrogens with one attached hydrogen (secondary N) is 1. The van der Waals surface area contributed by atoms with Gasteiger partial charge in [0.15, 0.2) is 0 Å². The summed E-state index contributed by atoms with van der Waals surface area (Å²) >= 11 is 0. The number of hydrogen-bond donors (Lipinski definition) is 1. The van der Waals surface area contributed by atoms with Crippen LogP contribution < -0.4 is 5.32 Å². The van der Waals surface area contributed by atoms with Gasteiger partial charge in [-0.2, -0.15) is 0 Å². The third-order valence-electron chi connectivity index (χ3n) is 14.0. The molecule has 0 aliphatic rings. The molecule has 0 aliphatic heterocycles. The van der Waals surface area contributed by atoms with E-state index >= 15 is 0 Å². The van der Waals surface area contributed by atoms with Gasteiger partial charge in [0.05, 0.1) is 5.69 Å². The molecule has 2 heterocycles. The molecule has 8 aromatic carbocycles. The fraction of sp³-hybridized carbons (Fsp3) is 0.412. The Hall–Kier alpha value is -4.04. The van der Waals surface area contributed by atoms with Crippen LogP contribution in [0.25, 0.3) is 70.9 Å². The molecule has 0 amide bonds. The second kappa shape index (κ2) is 45.5. The van der Waals surface area contributed by atoms with Crippen LogP contribution in [-0.4, -0.2) is 66.5 Å². The number of anilines is 1. The molecule has 0 bridgehead atoms. The van der Waals surface area contributed by atoms with Crippen molar-refractivity contribution in [3.63, 3.8) is 0 Å². The Bertz CT molecular complexity index is 3930. The predicted molar refractivity (Wildman–Crippen MR) is 519 cm³/mol. The molecule has 2 aromatic heterocycles. The zero-order chi connectivity index (χ0) is 82.5. The van der Waals surface area contributed by atoms with Crippen molar-refractivity contribution >= 4 is 111 Å². The van der Waals surface area contributed by atoms with Crippen LogP contribution in [0.3, 0.4) is 0 Å². The average molecular weight is 1930 g/mol. The largest absolute Gasteiger partial charge is 4.00 e. The van der Waals surface area contributed by atoms with Crippen molar-refractivity contribution in [2.45, 2.75) is 263 Å². The van der Waals surface area contributed by atoms with Gasteiger partial charge in [-0.3, -0.25) is 0 Å². The summed E-state index contributed by atoms with van der Waals surface area (Å²) in [5.41, 5.74) is 12.5. The molecule has 0 radical (unpaired) electrons. The first-order valence-electron chi connectivity index (χ1n) is 38.6. The fourth-order valence-corrected chi connectivity index (χ4v) is 9.53. The summed E-state index contributed by atoms with van der Waals surface area (Å²) in [6, 6.07) is 65.6. The van der Waals surface area contributed by atoms with Crippen LogP contribution >= 0.6 is 0 Å². The fourth-order valence-electron chi connectivity index (χ4n) is 9.53. The Morgan fingerprint density at radius 2 is 0.591 bits per heavy atom. The van der Waals surface area contributed by atoms with Crippen molar-refractivity contribution in [2.24, 2.45) is 0 Å². The van der Waals surface area contributed by atoms with Crippen LogP contribution in [0.15, 0.2) is 182 Å². The molecule has 600 valence electrons. The molecular formula is C97H152Hf2N4Si7-4. The van der Waals surface area contributed by atoms with Crippen molar-refractivity contribution in [3.05, 3.63) is 267 Å². The molecule has 10 rings (SSSR count). The van der Waals surface area contributed by atoms with E-state index in [1.165, 1.54) is 87.6 Å². The van der Waals surface area contributed by atoms with Crippen LogP contribution in [0.1, 0.15) is 124 Å². The van der Waals surface area contributed by atoms with Gasteiger partial charge in [-0.05, 0) is 152 Å². The van der Waals surface area contributed by atoms with Crippen LogP contribution in [0.4, 0.5) is 11.6 Å². The van der Waals surface area contributed by atoms with Crippen LogP contribution in [-0.2, 0) is 86.4 Å². The van der Waals surface area contributed by atoms with Crippen LogP contribution in [0.5, 0.6) is 0 Å². The molecule has 0 saturated carbocycles. The minimum absolute atomic E-state index is 0. The Labute approximate surface area is 723 Å². The van der Waals surface area contributed by atoms with Gasteiger partial charge in [-0.1, -0.05) is 379 Å². The van der Waals surface area contributed by atoms with Gasteiger partial charge >= 0.3 is 25.8 Å². The quantitative estimate of drug-likeness (QED) is 0.0937. The number of nitrogens with zero attached hydrogens (tertiary/aromatic N) is 3. The third kappa shape index (κ3) is 49.0. The molecule has 4 nitrogen and oxygen atoms in total. The predicted octanol–water partition coefficient (Wildman–Crippen LogP) is 31.6. The van der Waals surface area contributed by atoms with Crippen LogP contribution in [0.2, 0.25) is 137 Å². The van der Waals surface area contributed by atoms with Gasteiger partial charge in [0.25, 0.3) is 0 Å². The molecule has 0 fully saturated rings. The van der Waals surface area contributed by atoms with E-state index in [0.717, 1.165) is 29.6 Å². The average Bonchev–Trinajstić information content (AvgIpc) is 0.752. The van der Waals surface area contributed by atoms with E-state index in [1.54, 1.807) is 0 Å². The molecule has 0 saturated heterocycles. The molecule has 0 unspecified atom stereocenters. The summed E-state index contributed by atoms with van der Waals surface area (Å²) in [7, 11) is -6.03. The number of pyridine rings is 2. The van der Waals surface area contributed by atoms with Crippen molar-refractivity contribution in [3.8, 4) is 22.5 Å². The van der Waals surface area contributed by atoms with Gasteiger partial charge in [0.2, 0.25) is 0 Å². The minimum Gasteiger partial charge on any atom is -0.461 e. The van der Waals surface area contributed by atoms with E-state index in [2.05, 4.69) is 436 Å². The number of hydrogen-bond acceptors (Lipinski definition) is 3. The number of benzene rings is 8. The van der Waals surface area contributed by atoms with Crippen LogP contribution in [0, 0.1) is 45.8 Å². The maximum Gasteiger partial charge on any atom is 4.00 e. The molecule has 13 heteroatoms. The minimum atomic E-state index is -0.861. The zero-order valence-corrected chi connectivity index (χ0v) is 89.2. The summed E-state index contributed by atoms with van der Waals surface area (Å²) in [6.07, 6.45) is 0. The van der Waals surface area contributed by atoms with Gasteiger partial charge in [-0.15, -0.1) is 56.5 Å². The summed E-state index contributed by atoms with van der Waals surface area (Å²) in [4.78, 5) is 10.2. The monoisotopic (exact) mass is 1930 g/mol. The summed E-state index contributed by atoms with van der Waals surface area (Å²) in [5, 5.41) is 18.3. The first-order valence-corrected chi connectivity index (χ1v) is 64.6. The molecule has 0 aliphatic carbocycles. The molecule has 10 aromatic rings. The Morgan fingerprint density at radius 1 is 0.309 bits per heavy atom. The van der Waals surface area contributed by atoms with Gasteiger partial charge in [-0.25, -0.2) is 4.98 Å². The van der Waals surface area contributed by atoms with E-state index < -0.39 is 56.5 Å². The normalized spacial score (nSPS) is 11.9. The molecular weight excluding hydrogens is 1770 g/mol. The van der Waals surface area contributed by atoms with Crippen molar-refractivity contribution in [1.29, 1.82) is 0 Å². The Morgan fingerprint density at radius 3 is 0.909 bits per heavy atom. The number of fused-ring (bicyclic) bond motifs is 4. The van der Waals surface area contributed by atoms with Gasteiger partial charge in [0.1, 0.15) is 5.82 Å². The first-order chi connectivity index (χ1) is 48.2. The Balaban J connectivity index is 0. The number of rotatable bonds is 8. The van der Waals surface area contributed by atoms with Gasteiger partial charge in [0, 0.05) is 38.0 Å². The van der Waals surface area contributed by atoms with Gasteiger partial charge < -0.3 is 61.4 Å². The second-order valence-corrected chi connectivity index (χ2v) is 77.5. The van der Waals surface area contributed by atoms with Crippen molar-refractivity contribution in [2.75, 3.05) is 5.32 Å². The third-order valence-corrected chi connectivity index (χ3v) is 14.0. The smallest absolute Gasteiger partial charge is 0.461 e. The summed E-state index contributed by atoms with van der Waals surface area (Å²) < 4.78 is 0. The Kier molecular flexibility index (Phi) is 44.6. The SMILES string of the molecule is C.CC(C)(C)c1ccc2c(-c3cccc(NCc4ccccc4)n3)c3cc(C(C)(C)C)ccc3cc2c1.CC(C)(C)c1ccc2c(-c3cccc([N-]Cc4ccccc4)n3)c3cc(C(C)(C)C)ccc3cc2c1.[CH2-][Si](C)(C)C.[CH2-][Si](C)(C)C.[CH2-][Si](C)(C)C.[CH2-][Si](C)(C)C.[CH2-][Si](C)(C)C.[CH2-][Si](C)(C)C.[CH2-][Si](C)(C)C.[Hf+4].[Hf]. The standard InChI is InChI=1S/C34H36N2.C34H35N2.7C4H11Si.CH4.2Hf/c2*1-33(2,3)26-17-18-28-25(20-26)19-24-15-16-27(34(4,5)6)21-29(24)32(28)30-13-10-14-31(36-30)35-22-23-11-8-7-9-12-23;7*1-5(2,3)4;;;/h7-21H,22H2,1-6H3,(H,35,36);7-21H,22H2,1-6H3;7*1H2,2-4H3;1H4;;/q;8*-1;;;+4. The maximum absolute atomic E-state index is 5.11. The van der Waals surface area contributed by atoms with Crippen molar-refractivity contribution < 1.29 is 51.7 Å². The molecule has 0 atom stereocenters. The summed E-state index contributed by atoms with van der Waals surface area (Å²) in [6.45, 7) is 103. The number of aromatic nitrogens is 2. The van der Waals surface area contributed by atoms with E-state index in [0.29, 0.717) is 6.54 Å². The zero-order valence-electron chi connectivity index (χ0n) is 75.0. The second-order valence-electron chi connectivity index (χ2n) is 41.6. The molecule has 1 N–H and O–H groups in total. The summed E-state index contributed by atoms with van der Waals surface area (Å²) in [5.74, 6) is 1.65. The molecule has 110 heavy (non-hydrogen) atoms. The van der Waals surface area contributed by atoms with E-state index in [4.69, 9.17) is 15.3 Å². The van der Waals surface area contributed by atoms with E-state index in [-0.39, 0.29) is 80.8 Å². The maximum atomic E-state index is 5.11.